The predicted molar refractivity (Wildman–Crippen MR) is 129 cm³/mol. The van der Waals surface area contributed by atoms with E-state index in [0.29, 0.717) is 46.1 Å². The molecule has 5 aromatic rings. The summed E-state index contributed by atoms with van der Waals surface area (Å²) in [5.41, 5.74) is 4.21. The number of aryl methyl sites for hydroxylation is 1. The maximum absolute atomic E-state index is 13.5. The molecule has 0 aliphatic heterocycles. The van der Waals surface area contributed by atoms with E-state index in [1.54, 1.807) is 29.2 Å². The molecule has 1 N–H and O–H groups in total. The van der Waals surface area contributed by atoms with Crippen LogP contribution in [0.25, 0.3) is 33.3 Å². The van der Waals surface area contributed by atoms with Gasteiger partial charge in [0, 0.05) is 30.7 Å². The van der Waals surface area contributed by atoms with Crippen LogP contribution in [0.5, 0.6) is 11.5 Å². The van der Waals surface area contributed by atoms with Crippen molar-refractivity contribution < 1.29 is 13.5 Å². The number of H-pyrrole nitrogens is 1. The number of nitrogens with zero attached hydrogens (tertiary/aromatic N) is 5. The lowest BCUT2D eigenvalue weighted by Gasteiger charge is -2.28. The van der Waals surface area contributed by atoms with Crippen molar-refractivity contribution in [2.45, 2.75) is 44.6 Å². The third-order valence-corrected chi connectivity index (χ3v) is 6.74. The van der Waals surface area contributed by atoms with Crippen LogP contribution in [0.3, 0.4) is 0 Å². The molecule has 10 heteroatoms. The number of rotatable bonds is 4. The maximum atomic E-state index is 13.5. The van der Waals surface area contributed by atoms with Gasteiger partial charge in [0.05, 0.1) is 40.7 Å². The number of ether oxygens (including phenoxy) is 1. The Morgan fingerprint density at radius 1 is 1.09 bits per heavy atom. The lowest BCUT2D eigenvalue weighted by atomic mass is 9.92. The van der Waals surface area contributed by atoms with E-state index < -0.39 is 5.92 Å². The molecule has 1 aliphatic carbocycles. The van der Waals surface area contributed by atoms with Crippen molar-refractivity contribution in [3.63, 3.8) is 0 Å². The molecular formula is C25H21ClF2N6O. The Balaban J connectivity index is 1.29. The van der Waals surface area contributed by atoms with Crippen LogP contribution < -0.4 is 4.74 Å². The van der Waals surface area contributed by atoms with Crippen LogP contribution in [0.4, 0.5) is 8.78 Å². The highest BCUT2D eigenvalue weighted by molar-refractivity contribution is 6.36. The predicted octanol–water partition coefficient (Wildman–Crippen LogP) is 6.87. The van der Waals surface area contributed by atoms with Gasteiger partial charge in [-0.15, -0.1) is 0 Å². The molecule has 3 heterocycles. The summed E-state index contributed by atoms with van der Waals surface area (Å²) in [5.74, 6) is -0.671. The standard InChI is InChI=1S/C25H21ClF2N6O/c1-14-31-18-3-2-17(10-20(18)32-14)35-22-5-4-19-24(23(22)26)33-21(12-29-19)15-11-30-34(13-15)16-6-8-25(27,28)9-7-16/h2-5,10-13,16H,6-9H2,1H3,(H,31,32). The number of benzene rings is 2. The van der Waals surface area contributed by atoms with Gasteiger partial charge in [0.1, 0.15) is 27.9 Å². The average Bonchev–Trinajstić information content (AvgIpc) is 3.47. The summed E-state index contributed by atoms with van der Waals surface area (Å²) in [6.45, 7) is 1.90. The van der Waals surface area contributed by atoms with Crippen molar-refractivity contribution in [1.82, 2.24) is 29.7 Å². The van der Waals surface area contributed by atoms with Gasteiger partial charge in [-0.3, -0.25) is 9.67 Å². The Kier molecular flexibility index (Phi) is 5.17. The summed E-state index contributed by atoms with van der Waals surface area (Å²) in [7, 11) is 0. The van der Waals surface area contributed by atoms with E-state index in [9.17, 15) is 8.78 Å². The van der Waals surface area contributed by atoms with Gasteiger partial charge >= 0.3 is 0 Å². The molecule has 1 aliphatic rings. The molecule has 7 nitrogen and oxygen atoms in total. The second-order valence-corrected chi connectivity index (χ2v) is 9.28. The molecular weight excluding hydrogens is 474 g/mol. The molecule has 3 aromatic heterocycles. The smallest absolute Gasteiger partial charge is 0.248 e. The van der Waals surface area contributed by atoms with Crippen molar-refractivity contribution >= 4 is 33.7 Å². The van der Waals surface area contributed by atoms with E-state index in [2.05, 4.69) is 20.1 Å². The molecule has 2 aromatic carbocycles. The fourth-order valence-electron chi connectivity index (χ4n) is 4.51. The molecule has 0 amide bonds. The van der Waals surface area contributed by atoms with Crippen LogP contribution in [-0.2, 0) is 0 Å². The number of halogens is 3. The number of imidazole rings is 1. The Bertz CT molecular complexity index is 1550. The molecule has 178 valence electrons. The molecule has 1 saturated carbocycles. The highest BCUT2D eigenvalue weighted by atomic mass is 35.5. The van der Waals surface area contributed by atoms with Crippen molar-refractivity contribution in [3.05, 3.63) is 59.8 Å². The number of hydrogen-bond donors (Lipinski definition) is 1. The van der Waals surface area contributed by atoms with Gasteiger partial charge in [0.25, 0.3) is 0 Å². The molecule has 35 heavy (non-hydrogen) atoms. The number of aromatic amines is 1. The summed E-state index contributed by atoms with van der Waals surface area (Å²) in [6, 6.07) is 9.10. The van der Waals surface area contributed by atoms with Crippen LogP contribution >= 0.6 is 11.6 Å². The zero-order chi connectivity index (χ0) is 24.2. The minimum atomic E-state index is -2.57. The van der Waals surface area contributed by atoms with E-state index in [1.165, 1.54) is 0 Å². The molecule has 0 unspecified atom stereocenters. The van der Waals surface area contributed by atoms with Gasteiger partial charge in [-0.05, 0) is 44.0 Å². The lowest BCUT2D eigenvalue weighted by Crippen LogP contribution is -2.26. The number of hydrogen-bond acceptors (Lipinski definition) is 5. The quantitative estimate of drug-likeness (QED) is 0.294. The lowest BCUT2D eigenvalue weighted by molar-refractivity contribution is -0.0449. The number of alkyl halides is 2. The number of fused-ring (bicyclic) bond motifs is 2. The highest BCUT2D eigenvalue weighted by Crippen LogP contribution is 2.39. The van der Waals surface area contributed by atoms with Gasteiger partial charge in [0.2, 0.25) is 5.92 Å². The van der Waals surface area contributed by atoms with Gasteiger partial charge in [-0.1, -0.05) is 11.6 Å². The fraction of sp³-hybridized carbons (Fsp3) is 0.280. The third kappa shape index (κ3) is 4.20. The summed E-state index contributed by atoms with van der Waals surface area (Å²) < 4.78 is 34.8. The normalized spacial score (nSPS) is 16.2. The fourth-order valence-corrected chi connectivity index (χ4v) is 4.75. The van der Waals surface area contributed by atoms with Crippen LogP contribution in [0.2, 0.25) is 5.02 Å². The first-order valence-electron chi connectivity index (χ1n) is 11.4. The minimum absolute atomic E-state index is 0.0450. The van der Waals surface area contributed by atoms with Gasteiger partial charge in [0.15, 0.2) is 0 Å². The summed E-state index contributed by atoms with van der Waals surface area (Å²) in [4.78, 5) is 16.8. The largest absolute Gasteiger partial charge is 0.456 e. The van der Waals surface area contributed by atoms with Crippen molar-refractivity contribution in [2.24, 2.45) is 0 Å². The van der Waals surface area contributed by atoms with E-state index >= 15 is 0 Å². The second-order valence-electron chi connectivity index (χ2n) is 8.90. The van der Waals surface area contributed by atoms with Gasteiger partial charge in [-0.2, -0.15) is 5.10 Å². The molecule has 1 fully saturated rings. The Labute approximate surface area is 204 Å². The third-order valence-electron chi connectivity index (χ3n) is 6.38. The average molecular weight is 495 g/mol. The topological polar surface area (TPSA) is 81.5 Å². The van der Waals surface area contributed by atoms with E-state index in [1.807, 2.05) is 31.3 Å². The molecule has 0 radical (unpaired) electrons. The first-order chi connectivity index (χ1) is 16.8. The number of nitrogens with one attached hydrogen (secondary N) is 1. The first-order valence-corrected chi connectivity index (χ1v) is 11.7. The summed E-state index contributed by atoms with van der Waals surface area (Å²) >= 11 is 6.69. The molecule has 0 atom stereocenters. The van der Waals surface area contributed by atoms with Crippen molar-refractivity contribution in [3.8, 4) is 22.8 Å². The van der Waals surface area contributed by atoms with E-state index in [-0.39, 0.29) is 18.9 Å². The van der Waals surface area contributed by atoms with Crippen LogP contribution in [0, 0.1) is 6.92 Å². The molecule has 0 spiro atoms. The SMILES string of the molecule is Cc1nc2ccc(Oc3ccc4ncc(-c5cnn(C6CCC(F)(F)CC6)c5)nc4c3Cl)cc2[nH]1. The summed E-state index contributed by atoms with van der Waals surface area (Å²) in [5, 5.41) is 4.75. The molecule has 6 rings (SSSR count). The maximum Gasteiger partial charge on any atom is 0.248 e. The number of aromatic nitrogens is 6. The monoisotopic (exact) mass is 494 g/mol. The molecule has 0 bridgehead atoms. The highest BCUT2D eigenvalue weighted by Gasteiger charge is 2.35. The Morgan fingerprint density at radius 2 is 1.89 bits per heavy atom. The van der Waals surface area contributed by atoms with E-state index in [0.717, 1.165) is 22.4 Å². The van der Waals surface area contributed by atoms with Crippen molar-refractivity contribution in [2.75, 3.05) is 0 Å². The van der Waals surface area contributed by atoms with Crippen LogP contribution in [-0.4, -0.2) is 35.6 Å². The van der Waals surface area contributed by atoms with Crippen LogP contribution in [0.15, 0.2) is 48.9 Å². The van der Waals surface area contributed by atoms with Gasteiger partial charge < -0.3 is 9.72 Å². The Morgan fingerprint density at radius 3 is 2.71 bits per heavy atom. The summed E-state index contributed by atoms with van der Waals surface area (Å²) in [6.07, 6.45) is 5.73. The Hall–Kier alpha value is -3.59. The minimum Gasteiger partial charge on any atom is -0.456 e. The van der Waals surface area contributed by atoms with Gasteiger partial charge in [-0.25, -0.2) is 18.7 Å². The van der Waals surface area contributed by atoms with Crippen LogP contribution in [0.1, 0.15) is 37.5 Å². The van der Waals surface area contributed by atoms with Crippen molar-refractivity contribution in [1.29, 1.82) is 0 Å². The zero-order valence-corrected chi connectivity index (χ0v) is 19.6. The molecule has 0 saturated heterocycles. The van der Waals surface area contributed by atoms with E-state index in [4.69, 9.17) is 21.3 Å². The first kappa shape index (κ1) is 21.9. The zero-order valence-electron chi connectivity index (χ0n) is 18.8. The second kappa shape index (κ2) is 8.27.